The van der Waals surface area contributed by atoms with Gasteiger partial charge in [-0.1, -0.05) is 5.16 Å². The Morgan fingerprint density at radius 1 is 1.38 bits per heavy atom. The zero-order valence-electron chi connectivity index (χ0n) is 12.0. The molecule has 1 aromatic carbocycles. The first-order valence-corrected chi connectivity index (χ1v) is 6.48. The molecule has 3 aromatic rings. The van der Waals surface area contributed by atoms with Crippen LogP contribution in [0.4, 0.5) is 0 Å². The molecule has 1 amide bonds. The number of nitrogens with zero attached hydrogens (tertiary/aromatic N) is 3. The highest BCUT2D eigenvalue weighted by atomic mass is 16.5. The summed E-state index contributed by atoms with van der Waals surface area (Å²) in [5, 5.41) is 3.94. The van der Waals surface area contributed by atoms with Gasteiger partial charge in [0.25, 0.3) is 0 Å². The molecule has 3 rings (SSSR count). The Bertz CT molecular complexity index is 831. The summed E-state index contributed by atoms with van der Waals surface area (Å²) in [5.74, 6) is 0.101. The molecule has 108 valence electrons. The number of rotatable bonds is 3. The smallest absolute Gasteiger partial charge is 0.242 e. The first-order valence-electron chi connectivity index (χ1n) is 6.48. The molecule has 0 fully saturated rings. The second kappa shape index (κ2) is 4.41. The van der Waals surface area contributed by atoms with E-state index in [-0.39, 0.29) is 5.89 Å². The number of aromatic amines is 1. The number of hydrogen-bond donors (Lipinski definition) is 2. The van der Waals surface area contributed by atoms with Crippen LogP contribution in [-0.4, -0.2) is 26.0 Å². The van der Waals surface area contributed by atoms with Crippen LogP contribution < -0.4 is 5.73 Å². The quantitative estimate of drug-likeness (QED) is 0.760. The standard InChI is InChI=1S/C14H15N5O2/c1-7-4-8(5-9-10(7)17-6-16-9)11-18-13(21-19-11)14(2,3)12(15)20/h4-6H,1-3H3,(H2,15,20)(H,16,17). The largest absolute Gasteiger partial charge is 0.369 e. The van der Waals surface area contributed by atoms with Crippen LogP contribution in [0.2, 0.25) is 0 Å². The van der Waals surface area contributed by atoms with Crippen molar-refractivity contribution in [1.82, 2.24) is 20.1 Å². The molecule has 2 aromatic heterocycles. The SMILES string of the molecule is Cc1cc(-c2noc(C(C)(C)C(N)=O)n2)cc2[nH]cnc12. The van der Waals surface area contributed by atoms with E-state index in [4.69, 9.17) is 10.3 Å². The van der Waals surface area contributed by atoms with Gasteiger partial charge in [-0.3, -0.25) is 4.79 Å². The molecule has 0 bridgehead atoms. The van der Waals surface area contributed by atoms with Crippen molar-refractivity contribution in [1.29, 1.82) is 0 Å². The number of fused-ring (bicyclic) bond motifs is 1. The van der Waals surface area contributed by atoms with Gasteiger partial charge in [0.15, 0.2) is 0 Å². The Balaban J connectivity index is 2.08. The van der Waals surface area contributed by atoms with Crippen molar-refractivity contribution >= 4 is 16.9 Å². The second-order valence-electron chi connectivity index (χ2n) is 5.50. The molecule has 0 aliphatic carbocycles. The van der Waals surface area contributed by atoms with Crippen LogP contribution in [0.15, 0.2) is 23.0 Å². The van der Waals surface area contributed by atoms with Crippen molar-refractivity contribution in [2.75, 3.05) is 0 Å². The number of carbonyl (C=O) groups is 1. The summed E-state index contributed by atoms with van der Waals surface area (Å²) < 4.78 is 5.19. The third-order valence-corrected chi connectivity index (χ3v) is 3.55. The van der Waals surface area contributed by atoms with E-state index in [2.05, 4.69) is 20.1 Å². The summed E-state index contributed by atoms with van der Waals surface area (Å²) >= 11 is 0. The summed E-state index contributed by atoms with van der Waals surface area (Å²) in [6.45, 7) is 5.26. The molecule has 2 heterocycles. The molecule has 7 heteroatoms. The fourth-order valence-electron chi connectivity index (χ4n) is 2.06. The molecule has 0 saturated carbocycles. The first-order chi connectivity index (χ1) is 9.89. The summed E-state index contributed by atoms with van der Waals surface area (Å²) in [6.07, 6.45) is 1.64. The zero-order chi connectivity index (χ0) is 15.2. The topological polar surface area (TPSA) is 111 Å². The van der Waals surface area contributed by atoms with Crippen LogP contribution in [0.1, 0.15) is 25.3 Å². The highest BCUT2D eigenvalue weighted by Crippen LogP contribution is 2.27. The van der Waals surface area contributed by atoms with E-state index in [1.54, 1.807) is 20.2 Å². The molecule has 7 nitrogen and oxygen atoms in total. The van der Waals surface area contributed by atoms with E-state index in [0.29, 0.717) is 5.82 Å². The van der Waals surface area contributed by atoms with Crippen molar-refractivity contribution in [2.45, 2.75) is 26.2 Å². The van der Waals surface area contributed by atoms with E-state index < -0.39 is 11.3 Å². The molecule has 0 atom stereocenters. The van der Waals surface area contributed by atoms with Crippen molar-refractivity contribution in [3.63, 3.8) is 0 Å². The van der Waals surface area contributed by atoms with Crippen LogP contribution in [0.3, 0.4) is 0 Å². The Morgan fingerprint density at radius 2 is 2.14 bits per heavy atom. The minimum absolute atomic E-state index is 0.201. The molecule has 0 spiro atoms. The van der Waals surface area contributed by atoms with Crippen molar-refractivity contribution in [3.8, 4) is 11.4 Å². The number of hydrogen-bond acceptors (Lipinski definition) is 5. The van der Waals surface area contributed by atoms with E-state index in [1.807, 2.05) is 19.1 Å². The van der Waals surface area contributed by atoms with Crippen molar-refractivity contribution in [3.05, 3.63) is 29.9 Å². The van der Waals surface area contributed by atoms with E-state index >= 15 is 0 Å². The summed E-state index contributed by atoms with van der Waals surface area (Å²) in [4.78, 5) is 23.0. The maximum atomic E-state index is 11.4. The Morgan fingerprint density at radius 3 is 2.86 bits per heavy atom. The number of aromatic nitrogens is 4. The van der Waals surface area contributed by atoms with E-state index in [0.717, 1.165) is 22.2 Å². The normalized spacial score (nSPS) is 12.0. The highest BCUT2D eigenvalue weighted by Gasteiger charge is 2.34. The van der Waals surface area contributed by atoms with Gasteiger partial charge in [0, 0.05) is 5.56 Å². The van der Waals surface area contributed by atoms with Crippen LogP contribution >= 0.6 is 0 Å². The van der Waals surface area contributed by atoms with Gasteiger partial charge in [-0.15, -0.1) is 0 Å². The van der Waals surface area contributed by atoms with Gasteiger partial charge in [0.05, 0.1) is 17.4 Å². The van der Waals surface area contributed by atoms with E-state index in [9.17, 15) is 4.79 Å². The number of benzene rings is 1. The van der Waals surface area contributed by atoms with Crippen LogP contribution in [0.25, 0.3) is 22.4 Å². The number of nitrogens with two attached hydrogens (primary N) is 1. The number of primary amides is 1. The molecule has 21 heavy (non-hydrogen) atoms. The van der Waals surface area contributed by atoms with Gasteiger partial charge in [-0.05, 0) is 38.5 Å². The van der Waals surface area contributed by atoms with Crippen molar-refractivity contribution < 1.29 is 9.32 Å². The van der Waals surface area contributed by atoms with Gasteiger partial charge in [0.2, 0.25) is 17.6 Å². The lowest BCUT2D eigenvalue weighted by atomic mass is 9.93. The number of carbonyl (C=O) groups excluding carboxylic acids is 1. The summed E-state index contributed by atoms with van der Waals surface area (Å²) in [7, 11) is 0. The Hall–Kier alpha value is -2.70. The molecule has 0 unspecified atom stereocenters. The lowest BCUT2D eigenvalue weighted by Gasteiger charge is -2.13. The molecular formula is C14H15N5O2. The zero-order valence-corrected chi connectivity index (χ0v) is 12.0. The number of imidazole rings is 1. The lowest BCUT2D eigenvalue weighted by Crippen LogP contribution is -2.35. The fraction of sp³-hybridized carbons (Fsp3) is 0.286. The predicted molar refractivity (Wildman–Crippen MR) is 76.3 cm³/mol. The fourth-order valence-corrected chi connectivity index (χ4v) is 2.06. The van der Waals surface area contributed by atoms with Gasteiger partial charge in [0.1, 0.15) is 5.41 Å². The maximum absolute atomic E-state index is 11.4. The minimum Gasteiger partial charge on any atom is -0.369 e. The Kier molecular flexibility index (Phi) is 2.79. The monoisotopic (exact) mass is 285 g/mol. The number of nitrogens with one attached hydrogen (secondary N) is 1. The minimum atomic E-state index is -1.00. The molecule has 0 aliphatic rings. The molecular weight excluding hydrogens is 270 g/mol. The number of H-pyrrole nitrogens is 1. The number of aryl methyl sites for hydroxylation is 1. The lowest BCUT2D eigenvalue weighted by molar-refractivity contribution is -0.123. The molecule has 0 saturated heterocycles. The van der Waals surface area contributed by atoms with Gasteiger partial charge in [-0.2, -0.15) is 4.98 Å². The van der Waals surface area contributed by atoms with Crippen LogP contribution in [0, 0.1) is 6.92 Å². The third kappa shape index (κ3) is 2.06. The number of amides is 1. The van der Waals surface area contributed by atoms with Gasteiger partial charge < -0.3 is 15.2 Å². The second-order valence-corrected chi connectivity index (χ2v) is 5.50. The molecule has 3 N–H and O–H groups in total. The van der Waals surface area contributed by atoms with E-state index in [1.165, 1.54) is 0 Å². The van der Waals surface area contributed by atoms with Gasteiger partial charge >= 0.3 is 0 Å². The molecule has 0 radical (unpaired) electrons. The van der Waals surface area contributed by atoms with Crippen LogP contribution in [0.5, 0.6) is 0 Å². The van der Waals surface area contributed by atoms with Crippen LogP contribution in [-0.2, 0) is 10.2 Å². The highest BCUT2D eigenvalue weighted by molar-refractivity contribution is 5.85. The van der Waals surface area contributed by atoms with Gasteiger partial charge in [-0.25, -0.2) is 4.98 Å². The Labute approximate surface area is 120 Å². The summed E-state index contributed by atoms with van der Waals surface area (Å²) in [5.41, 5.74) is 7.95. The average molecular weight is 285 g/mol. The summed E-state index contributed by atoms with van der Waals surface area (Å²) in [6, 6.07) is 3.82. The average Bonchev–Trinajstić information content (AvgIpc) is 3.07. The van der Waals surface area contributed by atoms with Crippen molar-refractivity contribution in [2.24, 2.45) is 5.73 Å². The first kappa shape index (κ1) is 13.3. The third-order valence-electron chi connectivity index (χ3n) is 3.55. The maximum Gasteiger partial charge on any atom is 0.242 e. The predicted octanol–water partition coefficient (Wildman–Crippen LogP) is 1.68. The molecule has 0 aliphatic heterocycles.